The first-order valence-electron chi connectivity index (χ1n) is 12.0. The number of terminal acetylenes is 1. The van der Waals surface area contributed by atoms with Crippen LogP contribution in [0.1, 0.15) is 31.4 Å². The highest BCUT2D eigenvalue weighted by Gasteiger charge is 2.33. The second kappa shape index (κ2) is 12.7. The van der Waals surface area contributed by atoms with Crippen molar-refractivity contribution in [3.05, 3.63) is 60.2 Å². The third kappa shape index (κ3) is 7.40. The van der Waals surface area contributed by atoms with Crippen LogP contribution in [-0.4, -0.2) is 74.5 Å². The van der Waals surface area contributed by atoms with Crippen molar-refractivity contribution in [3.63, 3.8) is 0 Å². The largest absolute Gasteiger partial charge is 0.346 e. The maximum Gasteiger partial charge on any atom is 0.240 e. The molecule has 1 fully saturated rings. The Morgan fingerprint density at radius 3 is 2.33 bits per heavy atom. The van der Waals surface area contributed by atoms with Gasteiger partial charge in [0.1, 0.15) is 0 Å². The molecule has 192 valence electrons. The minimum Gasteiger partial charge on any atom is -0.346 e. The Hall–Kier alpha value is -3.19. The normalized spacial score (nSPS) is 15.7. The third-order valence-electron chi connectivity index (χ3n) is 6.51. The molecule has 1 saturated heterocycles. The summed E-state index contributed by atoms with van der Waals surface area (Å²) in [5, 5.41) is 4.92. The van der Waals surface area contributed by atoms with E-state index in [1.807, 2.05) is 30.3 Å². The van der Waals surface area contributed by atoms with E-state index in [0.29, 0.717) is 25.9 Å². The van der Waals surface area contributed by atoms with Gasteiger partial charge >= 0.3 is 0 Å². The molecule has 0 bridgehead atoms. The SMILES string of the molecule is C#CCNC(=O)CNC(=O)CN(C1CCN(C(C)c2ccccc2-c2ccccc2)CC1)S(C)(=O)=O. The Kier molecular flexibility index (Phi) is 9.65. The molecule has 9 heteroatoms. The molecular weight excluding hydrogens is 476 g/mol. The van der Waals surface area contributed by atoms with Gasteiger partial charge in [0, 0.05) is 25.2 Å². The number of nitrogens with one attached hydrogen (secondary N) is 2. The van der Waals surface area contributed by atoms with Gasteiger partial charge in [-0.25, -0.2) is 8.42 Å². The summed E-state index contributed by atoms with van der Waals surface area (Å²) >= 11 is 0. The number of amides is 2. The van der Waals surface area contributed by atoms with E-state index in [9.17, 15) is 18.0 Å². The maximum atomic E-state index is 12.5. The third-order valence-corrected chi connectivity index (χ3v) is 7.79. The highest BCUT2D eigenvalue weighted by atomic mass is 32.2. The average Bonchev–Trinajstić information content (AvgIpc) is 2.89. The Bertz CT molecular complexity index is 1190. The molecule has 3 rings (SSSR count). The summed E-state index contributed by atoms with van der Waals surface area (Å²) < 4.78 is 26.3. The predicted octanol–water partition coefficient (Wildman–Crippen LogP) is 2.01. The zero-order valence-corrected chi connectivity index (χ0v) is 21.6. The molecule has 1 aliphatic rings. The predicted molar refractivity (Wildman–Crippen MR) is 141 cm³/mol. The molecule has 2 N–H and O–H groups in total. The van der Waals surface area contributed by atoms with E-state index in [2.05, 4.69) is 52.6 Å². The minimum absolute atomic E-state index is 0.0665. The van der Waals surface area contributed by atoms with Gasteiger partial charge in [0.2, 0.25) is 21.8 Å². The summed E-state index contributed by atoms with van der Waals surface area (Å²) in [4.78, 5) is 26.4. The van der Waals surface area contributed by atoms with E-state index in [1.54, 1.807) is 0 Å². The molecule has 2 amide bonds. The molecule has 1 atom stereocenters. The van der Waals surface area contributed by atoms with E-state index < -0.39 is 21.8 Å². The van der Waals surface area contributed by atoms with Crippen LogP contribution in [0.3, 0.4) is 0 Å². The number of piperidine rings is 1. The summed E-state index contributed by atoms with van der Waals surface area (Å²) in [7, 11) is -3.62. The minimum atomic E-state index is -3.62. The monoisotopic (exact) mass is 510 g/mol. The van der Waals surface area contributed by atoms with Crippen molar-refractivity contribution in [2.24, 2.45) is 0 Å². The number of nitrogens with zero attached hydrogens (tertiary/aromatic N) is 2. The molecule has 1 aliphatic heterocycles. The summed E-state index contributed by atoms with van der Waals surface area (Å²) in [5.41, 5.74) is 3.58. The standard InChI is InChI=1S/C27H34N4O4S/c1-4-16-28-26(32)19-29-27(33)20-31(36(3,34)35)23-14-17-30(18-15-23)21(2)24-12-8-9-13-25(24)22-10-6-5-7-11-22/h1,5-13,21,23H,14-20H2,2-3H3,(H,28,32)(H,29,33). The van der Waals surface area contributed by atoms with Gasteiger partial charge in [-0.05, 0) is 36.5 Å². The van der Waals surface area contributed by atoms with E-state index in [-0.39, 0.29) is 31.7 Å². The molecule has 0 saturated carbocycles. The molecule has 0 aromatic heterocycles. The van der Waals surface area contributed by atoms with Crippen molar-refractivity contribution < 1.29 is 18.0 Å². The fourth-order valence-electron chi connectivity index (χ4n) is 4.61. The molecule has 0 spiro atoms. The Balaban J connectivity index is 1.63. The Labute approximate surface area is 214 Å². The molecule has 1 heterocycles. The topological polar surface area (TPSA) is 98.8 Å². The van der Waals surface area contributed by atoms with Crippen molar-refractivity contribution >= 4 is 21.8 Å². The molecule has 8 nitrogen and oxygen atoms in total. The van der Waals surface area contributed by atoms with Gasteiger partial charge in [-0.1, -0.05) is 60.5 Å². The van der Waals surface area contributed by atoms with Crippen molar-refractivity contribution in [2.45, 2.75) is 31.8 Å². The number of hydrogen-bond acceptors (Lipinski definition) is 5. The maximum absolute atomic E-state index is 12.5. The summed E-state index contributed by atoms with van der Waals surface area (Å²) in [5.74, 6) is 1.33. The second-order valence-corrected chi connectivity index (χ2v) is 10.9. The van der Waals surface area contributed by atoms with Gasteiger partial charge in [-0.15, -0.1) is 6.42 Å². The van der Waals surface area contributed by atoms with Crippen LogP contribution >= 0.6 is 0 Å². The zero-order chi connectivity index (χ0) is 26.1. The highest BCUT2D eigenvalue weighted by Crippen LogP contribution is 2.33. The second-order valence-electron chi connectivity index (χ2n) is 8.96. The van der Waals surface area contributed by atoms with E-state index >= 15 is 0 Å². The fraction of sp³-hybridized carbons (Fsp3) is 0.407. The lowest BCUT2D eigenvalue weighted by molar-refractivity contribution is -0.126. The number of carbonyl (C=O) groups is 2. The lowest BCUT2D eigenvalue weighted by Crippen LogP contribution is -2.51. The van der Waals surface area contributed by atoms with Gasteiger partial charge in [-0.2, -0.15) is 4.31 Å². The first-order chi connectivity index (χ1) is 17.2. The number of carbonyl (C=O) groups excluding carboxylic acids is 2. The van der Waals surface area contributed by atoms with Crippen LogP contribution in [-0.2, 0) is 19.6 Å². The van der Waals surface area contributed by atoms with Gasteiger partial charge in [0.25, 0.3) is 0 Å². The van der Waals surface area contributed by atoms with Gasteiger partial charge in [0.15, 0.2) is 0 Å². The van der Waals surface area contributed by atoms with Crippen molar-refractivity contribution in [1.82, 2.24) is 19.8 Å². The van der Waals surface area contributed by atoms with Crippen molar-refractivity contribution in [3.8, 4) is 23.5 Å². The van der Waals surface area contributed by atoms with Crippen LogP contribution in [0.15, 0.2) is 54.6 Å². The summed E-state index contributed by atoms with van der Waals surface area (Å²) in [6, 6.07) is 18.5. The molecule has 2 aromatic rings. The van der Waals surface area contributed by atoms with Crippen LogP contribution < -0.4 is 10.6 Å². The quantitative estimate of drug-likeness (QED) is 0.477. The molecule has 0 aliphatic carbocycles. The van der Waals surface area contributed by atoms with Gasteiger partial charge in [-0.3, -0.25) is 14.5 Å². The fourth-order valence-corrected chi connectivity index (χ4v) is 5.71. The number of benzene rings is 2. The van der Waals surface area contributed by atoms with Crippen LogP contribution in [0.25, 0.3) is 11.1 Å². The highest BCUT2D eigenvalue weighted by molar-refractivity contribution is 7.88. The average molecular weight is 511 g/mol. The molecule has 2 aromatic carbocycles. The zero-order valence-electron chi connectivity index (χ0n) is 20.8. The Morgan fingerprint density at radius 2 is 1.69 bits per heavy atom. The number of rotatable bonds is 10. The molecular formula is C27H34N4O4S. The van der Waals surface area contributed by atoms with Crippen LogP contribution in [0, 0.1) is 12.3 Å². The first-order valence-corrected chi connectivity index (χ1v) is 13.9. The van der Waals surface area contributed by atoms with E-state index in [1.165, 1.54) is 15.4 Å². The Morgan fingerprint density at radius 1 is 1.06 bits per heavy atom. The smallest absolute Gasteiger partial charge is 0.240 e. The number of likely N-dealkylation sites (tertiary alicyclic amines) is 1. The number of hydrogen-bond donors (Lipinski definition) is 2. The van der Waals surface area contributed by atoms with Crippen molar-refractivity contribution in [1.29, 1.82) is 0 Å². The van der Waals surface area contributed by atoms with Gasteiger partial charge < -0.3 is 10.6 Å². The van der Waals surface area contributed by atoms with Crippen molar-refractivity contribution in [2.75, 3.05) is 39.0 Å². The lowest BCUT2D eigenvalue weighted by atomic mass is 9.93. The number of sulfonamides is 1. The van der Waals surface area contributed by atoms with Gasteiger partial charge in [0.05, 0.1) is 25.9 Å². The first kappa shape index (κ1) is 27.4. The molecule has 1 unspecified atom stereocenters. The van der Waals surface area contributed by atoms with E-state index in [0.717, 1.165) is 11.8 Å². The summed E-state index contributed by atoms with van der Waals surface area (Å²) in [6.07, 6.45) is 7.44. The summed E-state index contributed by atoms with van der Waals surface area (Å²) in [6.45, 7) is 3.08. The van der Waals surface area contributed by atoms with Crippen LogP contribution in [0.5, 0.6) is 0 Å². The van der Waals surface area contributed by atoms with E-state index in [4.69, 9.17) is 6.42 Å². The molecule has 36 heavy (non-hydrogen) atoms. The van der Waals surface area contributed by atoms with Crippen LogP contribution in [0.2, 0.25) is 0 Å². The molecule has 0 radical (unpaired) electrons. The lowest BCUT2D eigenvalue weighted by Gasteiger charge is -2.40. The van der Waals surface area contributed by atoms with Crippen LogP contribution in [0.4, 0.5) is 0 Å².